The van der Waals surface area contributed by atoms with Crippen molar-refractivity contribution in [3.05, 3.63) is 34.3 Å². The maximum atomic E-state index is 13.9. The topological polar surface area (TPSA) is 0 Å². The van der Waals surface area contributed by atoms with Crippen LogP contribution >= 0.6 is 15.9 Å². The van der Waals surface area contributed by atoms with Gasteiger partial charge in [-0.25, -0.2) is 8.78 Å². The Morgan fingerprint density at radius 2 is 1.88 bits per heavy atom. The minimum atomic E-state index is -2.65. The normalized spacial score (nSPS) is 20.0. The minimum Gasteiger partial charge on any atom is -0.206 e. The maximum absolute atomic E-state index is 13.9. The van der Waals surface area contributed by atoms with E-state index in [4.69, 9.17) is 0 Å². The molecule has 0 atom stereocenters. The van der Waals surface area contributed by atoms with Crippen molar-refractivity contribution in [1.29, 1.82) is 0 Å². The van der Waals surface area contributed by atoms with E-state index in [9.17, 15) is 8.78 Å². The van der Waals surface area contributed by atoms with Crippen LogP contribution in [-0.2, 0) is 5.41 Å². The van der Waals surface area contributed by atoms with Crippen LogP contribution in [0.15, 0.2) is 28.7 Å². The monoisotopic (exact) mass is 288 g/mol. The van der Waals surface area contributed by atoms with Crippen molar-refractivity contribution in [2.24, 2.45) is 0 Å². The molecule has 0 aliphatic heterocycles. The zero-order chi connectivity index (χ0) is 11.8. The van der Waals surface area contributed by atoms with E-state index in [0.717, 1.165) is 29.8 Å². The van der Waals surface area contributed by atoms with Crippen molar-refractivity contribution in [3.63, 3.8) is 0 Å². The molecule has 0 radical (unpaired) electrons. The zero-order valence-electron chi connectivity index (χ0n) is 9.27. The van der Waals surface area contributed by atoms with Crippen molar-refractivity contribution < 1.29 is 8.78 Å². The fourth-order valence-corrected chi connectivity index (χ4v) is 3.15. The molecule has 2 rings (SSSR count). The Labute approximate surface area is 103 Å². The molecule has 0 amide bonds. The van der Waals surface area contributed by atoms with Crippen molar-refractivity contribution in [1.82, 2.24) is 0 Å². The lowest BCUT2D eigenvalue weighted by Gasteiger charge is -2.35. The van der Waals surface area contributed by atoms with Gasteiger partial charge in [-0.15, -0.1) is 0 Å². The summed E-state index contributed by atoms with van der Waals surface area (Å²) in [5, 5.41) is 0. The molecule has 1 aromatic carbocycles. The van der Waals surface area contributed by atoms with Crippen LogP contribution in [0.1, 0.15) is 38.2 Å². The van der Waals surface area contributed by atoms with Gasteiger partial charge in [0.05, 0.1) is 5.41 Å². The first kappa shape index (κ1) is 12.0. The highest BCUT2D eigenvalue weighted by molar-refractivity contribution is 9.10. The summed E-state index contributed by atoms with van der Waals surface area (Å²) >= 11 is 3.36. The lowest BCUT2D eigenvalue weighted by atomic mass is 9.74. The molecule has 88 valence electrons. The maximum Gasteiger partial charge on any atom is 0.254 e. The molecular weight excluding hydrogens is 274 g/mol. The van der Waals surface area contributed by atoms with E-state index >= 15 is 0 Å². The minimum absolute atomic E-state index is 0.590. The Bertz CT molecular complexity index is 376. The Kier molecular flexibility index (Phi) is 3.08. The van der Waals surface area contributed by atoms with E-state index in [2.05, 4.69) is 15.9 Å². The Hall–Kier alpha value is -0.440. The first-order chi connectivity index (χ1) is 7.46. The van der Waals surface area contributed by atoms with Gasteiger partial charge in [-0.05, 0) is 30.5 Å². The van der Waals surface area contributed by atoms with E-state index in [1.807, 2.05) is 24.3 Å². The summed E-state index contributed by atoms with van der Waals surface area (Å²) in [6, 6.07) is 7.38. The number of alkyl halides is 2. The highest BCUT2D eigenvalue weighted by Crippen LogP contribution is 2.51. The molecule has 0 nitrogen and oxygen atoms in total. The third kappa shape index (κ3) is 1.90. The van der Waals surface area contributed by atoms with Crippen molar-refractivity contribution in [3.8, 4) is 0 Å². The molecule has 0 heterocycles. The molecule has 0 N–H and O–H groups in total. The number of rotatable bonds is 2. The van der Waals surface area contributed by atoms with Crippen LogP contribution < -0.4 is 0 Å². The second kappa shape index (κ2) is 4.10. The molecule has 1 aromatic rings. The van der Waals surface area contributed by atoms with Crippen LogP contribution in [0.5, 0.6) is 0 Å². The second-order valence-corrected chi connectivity index (χ2v) is 5.60. The first-order valence-electron chi connectivity index (χ1n) is 5.60. The molecule has 0 bridgehead atoms. The summed E-state index contributed by atoms with van der Waals surface area (Å²) in [6.07, 6.45) is 2.98. The fraction of sp³-hybridized carbons (Fsp3) is 0.538. The molecule has 1 fully saturated rings. The quantitative estimate of drug-likeness (QED) is 0.725. The van der Waals surface area contributed by atoms with E-state index in [-0.39, 0.29) is 0 Å². The average molecular weight is 289 g/mol. The molecular formula is C13H15BrF2. The largest absolute Gasteiger partial charge is 0.254 e. The Balaban J connectivity index is 2.48. The average Bonchev–Trinajstić information content (AvgIpc) is 2.66. The van der Waals surface area contributed by atoms with Crippen molar-refractivity contribution in [2.75, 3.05) is 0 Å². The first-order valence-corrected chi connectivity index (χ1v) is 6.39. The molecule has 0 unspecified atom stereocenters. The van der Waals surface area contributed by atoms with Gasteiger partial charge in [-0.3, -0.25) is 0 Å². The zero-order valence-corrected chi connectivity index (χ0v) is 10.9. The molecule has 0 saturated heterocycles. The van der Waals surface area contributed by atoms with Crippen LogP contribution in [0.4, 0.5) is 8.78 Å². The second-order valence-electron chi connectivity index (χ2n) is 4.69. The predicted molar refractivity (Wildman–Crippen MR) is 64.9 cm³/mol. The third-order valence-electron chi connectivity index (χ3n) is 3.67. The predicted octanol–water partition coefficient (Wildman–Crippen LogP) is 4.92. The number of hydrogen-bond acceptors (Lipinski definition) is 0. The highest BCUT2D eigenvalue weighted by Gasteiger charge is 2.52. The SMILES string of the molecule is CC(F)(F)C1(c2cccc(Br)c2)CCCC1. The van der Waals surface area contributed by atoms with Gasteiger partial charge in [-0.2, -0.15) is 0 Å². The van der Waals surface area contributed by atoms with Crippen LogP contribution in [-0.4, -0.2) is 5.92 Å². The molecule has 1 saturated carbocycles. The third-order valence-corrected chi connectivity index (χ3v) is 4.17. The van der Waals surface area contributed by atoms with E-state index < -0.39 is 11.3 Å². The summed E-state index contributed by atoms with van der Waals surface area (Å²) in [5.41, 5.74) is -0.177. The number of hydrogen-bond donors (Lipinski definition) is 0. The van der Waals surface area contributed by atoms with Gasteiger partial charge in [0.2, 0.25) is 0 Å². The van der Waals surface area contributed by atoms with Crippen LogP contribution in [0.25, 0.3) is 0 Å². The summed E-state index contributed by atoms with van der Waals surface area (Å²) in [4.78, 5) is 0. The molecule has 0 spiro atoms. The highest BCUT2D eigenvalue weighted by atomic mass is 79.9. The number of halogens is 3. The summed E-state index contributed by atoms with van der Waals surface area (Å²) in [6.45, 7) is 1.05. The van der Waals surface area contributed by atoms with Gasteiger partial charge >= 0.3 is 0 Å². The van der Waals surface area contributed by atoms with Gasteiger partial charge in [0, 0.05) is 11.4 Å². The lowest BCUT2D eigenvalue weighted by Crippen LogP contribution is -2.40. The molecule has 1 aliphatic rings. The van der Waals surface area contributed by atoms with Crippen LogP contribution in [0.2, 0.25) is 0 Å². The van der Waals surface area contributed by atoms with Gasteiger partial charge in [0.1, 0.15) is 0 Å². The van der Waals surface area contributed by atoms with Crippen molar-refractivity contribution in [2.45, 2.75) is 43.9 Å². The van der Waals surface area contributed by atoms with Gasteiger partial charge in [0.25, 0.3) is 5.92 Å². The van der Waals surface area contributed by atoms with Crippen molar-refractivity contribution >= 4 is 15.9 Å². The molecule has 16 heavy (non-hydrogen) atoms. The lowest BCUT2D eigenvalue weighted by molar-refractivity contribution is -0.0600. The standard InChI is InChI=1S/C13H15BrF2/c1-12(15,16)13(7-2-3-8-13)10-5-4-6-11(14)9-10/h4-6,9H,2-3,7-8H2,1H3. The fourth-order valence-electron chi connectivity index (χ4n) is 2.75. The van der Waals surface area contributed by atoms with Gasteiger partial charge < -0.3 is 0 Å². The molecule has 1 aliphatic carbocycles. The Morgan fingerprint density at radius 3 is 2.38 bits per heavy atom. The van der Waals surface area contributed by atoms with Gasteiger partial charge in [0.15, 0.2) is 0 Å². The summed E-state index contributed by atoms with van der Waals surface area (Å²) < 4.78 is 28.6. The number of benzene rings is 1. The molecule has 0 aromatic heterocycles. The van der Waals surface area contributed by atoms with E-state index in [0.29, 0.717) is 12.8 Å². The summed E-state index contributed by atoms with van der Waals surface area (Å²) in [5.74, 6) is -2.65. The summed E-state index contributed by atoms with van der Waals surface area (Å²) in [7, 11) is 0. The van der Waals surface area contributed by atoms with Crippen LogP contribution in [0, 0.1) is 0 Å². The van der Waals surface area contributed by atoms with Gasteiger partial charge in [-0.1, -0.05) is 40.9 Å². The van der Waals surface area contributed by atoms with Crippen LogP contribution in [0.3, 0.4) is 0 Å². The Morgan fingerprint density at radius 1 is 1.25 bits per heavy atom. The smallest absolute Gasteiger partial charge is 0.206 e. The van der Waals surface area contributed by atoms with E-state index in [1.54, 1.807) is 0 Å². The molecule has 3 heteroatoms. The van der Waals surface area contributed by atoms with E-state index in [1.165, 1.54) is 0 Å².